The predicted molar refractivity (Wildman–Crippen MR) is 89.9 cm³/mol. The summed E-state index contributed by atoms with van der Waals surface area (Å²) >= 11 is 3.46. The first-order valence-electron chi connectivity index (χ1n) is 7.28. The normalized spacial score (nSPS) is 14.0. The zero-order chi connectivity index (χ0) is 15.4. The molecule has 1 N–H and O–H groups in total. The molecule has 1 nitrogen and oxygen atoms in total. The molecule has 112 valence electrons. The molecule has 0 heterocycles. The zero-order valence-corrected chi connectivity index (χ0v) is 14.2. The molecule has 0 aliphatic heterocycles. The largest absolute Gasteiger partial charge is 0.303 e. The van der Waals surface area contributed by atoms with Crippen LogP contribution in [0.4, 0.5) is 4.39 Å². The first-order chi connectivity index (χ1) is 10.0. The van der Waals surface area contributed by atoms with Crippen molar-refractivity contribution in [3.8, 4) is 0 Å². The fourth-order valence-electron chi connectivity index (χ4n) is 2.42. The molecule has 2 rings (SSSR count). The number of benzene rings is 2. The summed E-state index contributed by atoms with van der Waals surface area (Å²) in [6.07, 6.45) is 0.986. The fourth-order valence-corrected chi connectivity index (χ4v) is 2.69. The van der Waals surface area contributed by atoms with Crippen LogP contribution < -0.4 is 5.32 Å². The van der Waals surface area contributed by atoms with Crippen LogP contribution >= 0.6 is 15.9 Å². The molecule has 2 atom stereocenters. The van der Waals surface area contributed by atoms with E-state index in [4.69, 9.17) is 0 Å². The van der Waals surface area contributed by atoms with Crippen molar-refractivity contribution in [2.75, 3.05) is 0 Å². The first kappa shape index (κ1) is 16.2. The molecule has 0 saturated heterocycles. The van der Waals surface area contributed by atoms with Gasteiger partial charge >= 0.3 is 0 Å². The van der Waals surface area contributed by atoms with Crippen LogP contribution in [0.15, 0.2) is 46.9 Å². The summed E-state index contributed by atoms with van der Waals surface area (Å²) in [5, 5.41) is 3.58. The molecule has 0 fully saturated rings. The Morgan fingerprint density at radius 1 is 1.10 bits per heavy atom. The summed E-state index contributed by atoms with van der Waals surface area (Å²) in [4.78, 5) is 0. The van der Waals surface area contributed by atoms with Gasteiger partial charge in [0.25, 0.3) is 0 Å². The first-order valence-corrected chi connectivity index (χ1v) is 8.08. The van der Waals surface area contributed by atoms with Gasteiger partial charge in [-0.15, -0.1) is 0 Å². The van der Waals surface area contributed by atoms with Crippen LogP contribution in [0.25, 0.3) is 0 Å². The summed E-state index contributed by atoms with van der Waals surface area (Å²) in [5.41, 5.74) is 2.92. The lowest BCUT2D eigenvalue weighted by atomic mass is 10.0. The Balaban J connectivity index is 2.13. The highest BCUT2D eigenvalue weighted by molar-refractivity contribution is 9.10. The lowest BCUT2D eigenvalue weighted by Gasteiger charge is -2.23. The molecule has 0 aromatic heterocycles. The van der Waals surface area contributed by atoms with Gasteiger partial charge in [0.15, 0.2) is 0 Å². The minimum absolute atomic E-state index is 0.105. The third-order valence-corrected chi connectivity index (χ3v) is 4.36. The van der Waals surface area contributed by atoms with Gasteiger partial charge in [0.05, 0.1) is 0 Å². The highest BCUT2D eigenvalue weighted by Crippen LogP contribution is 2.24. The van der Waals surface area contributed by atoms with Gasteiger partial charge in [-0.3, -0.25) is 0 Å². The van der Waals surface area contributed by atoms with Crippen LogP contribution in [-0.2, 0) is 0 Å². The number of rotatable bonds is 5. The molecule has 3 heteroatoms. The van der Waals surface area contributed by atoms with Crippen molar-refractivity contribution in [2.24, 2.45) is 0 Å². The molecule has 0 aliphatic carbocycles. The maximum atomic E-state index is 13.7. The van der Waals surface area contributed by atoms with Crippen LogP contribution in [0.1, 0.15) is 49.0 Å². The van der Waals surface area contributed by atoms with Crippen LogP contribution in [0.2, 0.25) is 0 Å². The van der Waals surface area contributed by atoms with Crippen molar-refractivity contribution in [1.29, 1.82) is 0 Å². The van der Waals surface area contributed by atoms with E-state index in [-0.39, 0.29) is 17.9 Å². The monoisotopic (exact) mass is 349 g/mol. The maximum absolute atomic E-state index is 13.7. The van der Waals surface area contributed by atoms with Gasteiger partial charge in [0.1, 0.15) is 5.82 Å². The lowest BCUT2D eigenvalue weighted by Crippen LogP contribution is -2.24. The van der Waals surface area contributed by atoms with Crippen LogP contribution in [0, 0.1) is 12.7 Å². The van der Waals surface area contributed by atoms with E-state index in [1.54, 1.807) is 13.0 Å². The molecular formula is C18H21BrFN. The summed E-state index contributed by atoms with van der Waals surface area (Å²) in [7, 11) is 0. The zero-order valence-electron chi connectivity index (χ0n) is 12.7. The molecule has 0 spiro atoms. The number of aryl methyl sites for hydroxylation is 1. The van der Waals surface area contributed by atoms with E-state index in [1.165, 1.54) is 5.56 Å². The molecule has 21 heavy (non-hydrogen) atoms. The molecule has 2 unspecified atom stereocenters. The average Bonchev–Trinajstić information content (AvgIpc) is 2.48. The summed E-state index contributed by atoms with van der Waals surface area (Å²) < 4.78 is 14.8. The average molecular weight is 350 g/mol. The Bertz CT molecular complexity index is 595. The molecule has 2 aromatic rings. The number of nitrogens with one attached hydrogen (secondary N) is 1. The summed E-state index contributed by atoms with van der Waals surface area (Å²) in [6, 6.07) is 14.2. The van der Waals surface area contributed by atoms with E-state index in [9.17, 15) is 4.39 Å². The topological polar surface area (TPSA) is 12.0 Å². The van der Waals surface area contributed by atoms with Crippen molar-refractivity contribution in [3.63, 3.8) is 0 Å². The van der Waals surface area contributed by atoms with E-state index in [0.29, 0.717) is 5.56 Å². The van der Waals surface area contributed by atoms with Crippen molar-refractivity contribution in [2.45, 2.75) is 39.3 Å². The summed E-state index contributed by atoms with van der Waals surface area (Å²) in [6.45, 7) is 6.02. The predicted octanol–water partition coefficient (Wildman–Crippen LogP) is 5.70. The number of halogens is 2. The van der Waals surface area contributed by atoms with Crippen molar-refractivity contribution < 1.29 is 4.39 Å². The molecule has 0 saturated carbocycles. The number of hydrogen-bond acceptors (Lipinski definition) is 1. The SMILES string of the molecule is CCC(NC(C)c1ccc(C)c(F)c1)c1ccc(Br)cc1. The van der Waals surface area contributed by atoms with Crippen molar-refractivity contribution in [3.05, 3.63) is 69.4 Å². The Kier molecular flexibility index (Phi) is 5.54. The minimum atomic E-state index is -0.141. The van der Waals surface area contributed by atoms with Gasteiger partial charge in [-0.25, -0.2) is 4.39 Å². The third kappa shape index (κ3) is 4.14. The quantitative estimate of drug-likeness (QED) is 0.730. The van der Waals surface area contributed by atoms with Gasteiger partial charge in [0, 0.05) is 16.6 Å². The Hall–Kier alpha value is -1.19. The highest BCUT2D eigenvalue weighted by Gasteiger charge is 2.14. The maximum Gasteiger partial charge on any atom is 0.126 e. The van der Waals surface area contributed by atoms with E-state index < -0.39 is 0 Å². The smallest absolute Gasteiger partial charge is 0.126 e. The number of hydrogen-bond donors (Lipinski definition) is 1. The molecule has 0 amide bonds. The Labute approximate surface area is 134 Å². The molecule has 0 aliphatic rings. The van der Waals surface area contributed by atoms with Gasteiger partial charge in [-0.1, -0.05) is 47.1 Å². The Morgan fingerprint density at radius 2 is 1.71 bits per heavy atom. The highest BCUT2D eigenvalue weighted by atomic mass is 79.9. The van der Waals surface area contributed by atoms with E-state index in [2.05, 4.69) is 59.4 Å². The van der Waals surface area contributed by atoms with Gasteiger partial charge in [0.2, 0.25) is 0 Å². The molecular weight excluding hydrogens is 329 g/mol. The molecule has 0 radical (unpaired) electrons. The van der Waals surface area contributed by atoms with Crippen LogP contribution in [-0.4, -0.2) is 0 Å². The van der Waals surface area contributed by atoms with Crippen molar-refractivity contribution in [1.82, 2.24) is 5.32 Å². The lowest BCUT2D eigenvalue weighted by molar-refractivity contribution is 0.454. The van der Waals surface area contributed by atoms with E-state index in [1.807, 2.05) is 12.1 Å². The van der Waals surface area contributed by atoms with Gasteiger partial charge in [-0.2, -0.15) is 0 Å². The second kappa shape index (κ2) is 7.19. The van der Waals surface area contributed by atoms with E-state index >= 15 is 0 Å². The van der Waals surface area contributed by atoms with Gasteiger partial charge in [-0.05, 0) is 55.2 Å². The van der Waals surface area contributed by atoms with E-state index in [0.717, 1.165) is 16.5 Å². The van der Waals surface area contributed by atoms with Crippen LogP contribution in [0.5, 0.6) is 0 Å². The molecule has 0 bridgehead atoms. The van der Waals surface area contributed by atoms with Crippen molar-refractivity contribution >= 4 is 15.9 Å². The second-order valence-corrected chi connectivity index (χ2v) is 6.33. The van der Waals surface area contributed by atoms with Crippen LogP contribution in [0.3, 0.4) is 0 Å². The second-order valence-electron chi connectivity index (χ2n) is 5.41. The summed E-state index contributed by atoms with van der Waals surface area (Å²) in [5.74, 6) is -0.141. The Morgan fingerprint density at radius 3 is 2.29 bits per heavy atom. The third-order valence-electron chi connectivity index (χ3n) is 3.83. The standard InChI is InChI=1S/C18H21BrFN/c1-4-18(14-7-9-16(19)10-8-14)21-13(3)15-6-5-12(2)17(20)11-15/h5-11,13,18,21H,4H2,1-3H3. The minimum Gasteiger partial charge on any atom is -0.303 e. The molecule has 2 aromatic carbocycles. The fraction of sp³-hybridized carbons (Fsp3) is 0.333. The van der Waals surface area contributed by atoms with Gasteiger partial charge < -0.3 is 5.32 Å².